The largest absolute Gasteiger partial charge is 0.497 e. The number of thioether (sulfide) groups is 1. The minimum absolute atomic E-state index is 0.0420. The number of methoxy groups -OCH3 is 1. The third kappa shape index (κ3) is 4.50. The topological polar surface area (TPSA) is 75.7 Å². The third-order valence-electron chi connectivity index (χ3n) is 4.94. The molecule has 0 saturated carbocycles. The first-order valence-electron chi connectivity index (χ1n) is 9.79. The molecule has 1 atom stereocenters. The molecule has 1 saturated heterocycles. The Kier molecular flexibility index (Phi) is 6.23. The van der Waals surface area contributed by atoms with E-state index in [2.05, 4.69) is 5.32 Å². The normalized spacial score (nSPS) is 15.7. The van der Waals surface area contributed by atoms with Crippen molar-refractivity contribution in [1.29, 1.82) is 0 Å². The number of amides is 3. The van der Waals surface area contributed by atoms with E-state index in [9.17, 15) is 18.8 Å². The highest BCUT2D eigenvalue weighted by Gasteiger charge is 2.40. The Labute approximate surface area is 188 Å². The van der Waals surface area contributed by atoms with E-state index in [4.69, 9.17) is 4.74 Å². The smallest absolute Gasteiger partial charge is 0.258 e. The lowest BCUT2D eigenvalue weighted by Crippen LogP contribution is -2.31. The van der Waals surface area contributed by atoms with E-state index in [-0.39, 0.29) is 23.8 Å². The first kappa shape index (κ1) is 21.6. The second-order valence-electron chi connectivity index (χ2n) is 7.03. The number of imide groups is 1. The number of hydrogen-bond donors (Lipinski definition) is 1. The van der Waals surface area contributed by atoms with Crippen molar-refractivity contribution in [3.05, 3.63) is 84.2 Å². The standard InChI is InChI=1S/C24H19FN2O4S/c1-31-17-10-8-16(9-11-17)27-22(28)14-21(24(27)30)32-18-12-6-15(7-13-18)26-23(29)19-4-2-3-5-20(19)25/h2-13,21H,14H2,1H3,(H,26,29). The molecule has 3 amide bonds. The zero-order chi connectivity index (χ0) is 22.7. The molecule has 0 aliphatic carbocycles. The van der Waals surface area contributed by atoms with Gasteiger partial charge in [-0.15, -0.1) is 11.8 Å². The van der Waals surface area contributed by atoms with Gasteiger partial charge in [-0.25, -0.2) is 9.29 Å². The van der Waals surface area contributed by atoms with Crippen molar-refractivity contribution < 1.29 is 23.5 Å². The van der Waals surface area contributed by atoms with Crippen LogP contribution in [0, 0.1) is 5.82 Å². The lowest BCUT2D eigenvalue weighted by Gasteiger charge is -2.15. The molecule has 1 N–H and O–H groups in total. The molecule has 0 bridgehead atoms. The van der Waals surface area contributed by atoms with Gasteiger partial charge < -0.3 is 10.1 Å². The van der Waals surface area contributed by atoms with Gasteiger partial charge in [-0.3, -0.25) is 14.4 Å². The summed E-state index contributed by atoms with van der Waals surface area (Å²) in [6.45, 7) is 0. The maximum Gasteiger partial charge on any atom is 0.258 e. The Hall–Kier alpha value is -3.65. The Balaban J connectivity index is 1.41. The molecular formula is C24H19FN2O4S. The van der Waals surface area contributed by atoms with Crippen molar-refractivity contribution in [3.63, 3.8) is 0 Å². The minimum Gasteiger partial charge on any atom is -0.497 e. The van der Waals surface area contributed by atoms with Crippen molar-refractivity contribution in [3.8, 4) is 5.75 Å². The number of halogens is 1. The van der Waals surface area contributed by atoms with Crippen molar-refractivity contribution in [2.24, 2.45) is 0 Å². The maximum absolute atomic E-state index is 13.8. The molecular weight excluding hydrogens is 431 g/mol. The second-order valence-corrected chi connectivity index (χ2v) is 8.31. The summed E-state index contributed by atoms with van der Waals surface area (Å²) >= 11 is 1.29. The molecule has 1 heterocycles. The molecule has 0 radical (unpaired) electrons. The van der Waals surface area contributed by atoms with Crippen molar-refractivity contribution in [1.82, 2.24) is 0 Å². The van der Waals surface area contributed by atoms with Gasteiger partial charge in [0, 0.05) is 17.0 Å². The Morgan fingerprint density at radius 3 is 2.38 bits per heavy atom. The van der Waals surface area contributed by atoms with Crippen LogP contribution in [0.25, 0.3) is 0 Å². The molecule has 3 aromatic carbocycles. The van der Waals surface area contributed by atoms with Crippen LogP contribution in [0.5, 0.6) is 5.75 Å². The molecule has 162 valence electrons. The highest BCUT2D eigenvalue weighted by atomic mass is 32.2. The maximum atomic E-state index is 13.8. The SMILES string of the molecule is COc1ccc(N2C(=O)CC(Sc3ccc(NC(=O)c4ccccc4F)cc3)C2=O)cc1. The van der Waals surface area contributed by atoms with Crippen molar-refractivity contribution >= 4 is 40.9 Å². The molecule has 32 heavy (non-hydrogen) atoms. The van der Waals surface area contributed by atoms with Gasteiger partial charge in [-0.1, -0.05) is 12.1 Å². The van der Waals surface area contributed by atoms with Crippen LogP contribution in [-0.2, 0) is 9.59 Å². The van der Waals surface area contributed by atoms with E-state index in [0.29, 0.717) is 17.1 Å². The Bertz CT molecular complexity index is 1170. The van der Waals surface area contributed by atoms with Crippen LogP contribution in [0.15, 0.2) is 77.7 Å². The van der Waals surface area contributed by atoms with E-state index < -0.39 is 17.0 Å². The minimum atomic E-state index is -0.594. The number of rotatable bonds is 6. The molecule has 8 heteroatoms. The number of ether oxygens (including phenoxy) is 1. The van der Waals surface area contributed by atoms with Crippen LogP contribution in [0.4, 0.5) is 15.8 Å². The zero-order valence-corrected chi connectivity index (χ0v) is 17.9. The zero-order valence-electron chi connectivity index (χ0n) is 17.1. The molecule has 1 fully saturated rings. The molecule has 1 aliphatic rings. The molecule has 6 nitrogen and oxygen atoms in total. The molecule has 1 aliphatic heterocycles. The van der Waals surface area contributed by atoms with Crippen LogP contribution in [-0.4, -0.2) is 30.1 Å². The quantitative estimate of drug-likeness (QED) is 0.560. The van der Waals surface area contributed by atoms with Crippen LogP contribution in [0.2, 0.25) is 0 Å². The molecule has 0 spiro atoms. The summed E-state index contributed by atoms with van der Waals surface area (Å²) < 4.78 is 18.9. The highest BCUT2D eigenvalue weighted by molar-refractivity contribution is 8.00. The Morgan fingerprint density at radius 2 is 1.72 bits per heavy atom. The van der Waals surface area contributed by atoms with Crippen molar-refractivity contribution in [2.75, 3.05) is 17.3 Å². The van der Waals surface area contributed by atoms with Crippen LogP contribution in [0.1, 0.15) is 16.8 Å². The van der Waals surface area contributed by atoms with Gasteiger partial charge in [0.25, 0.3) is 5.91 Å². The van der Waals surface area contributed by atoms with Gasteiger partial charge in [0.05, 0.1) is 23.6 Å². The Morgan fingerprint density at radius 1 is 1.03 bits per heavy atom. The molecule has 4 rings (SSSR count). The van der Waals surface area contributed by atoms with E-state index in [0.717, 1.165) is 4.90 Å². The fourth-order valence-electron chi connectivity index (χ4n) is 3.32. The molecule has 3 aromatic rings. The van der Waals surface area contributed by atoms with E-state index in [1.807, 2.05) is 0 Å². The number of hydrogen-bond acceptors (Lipinski definition) is 5. The van der Waals surface area contributed by atoms with Gasteiger partial charge in [-0.2, -0.15) is 0 Å². The fourth-order valence-corrected chi connectivity index (χ4v) is 4.38. The number of anilines is 2. The summed E-state index contributed by atoms with van der Waals surface area (Å²) in [5, 5.41) is 2.11. The van der Waals surface area contributed by atoms with Gasteiger partial charge in [0.1, 0.15) is 11.6 Å². The lowest BCUT2D eigenvalue weighted by molar-refractivity contribution is -0.121. The summed E-state index contributed by atoms with van der Waals surface area (Å²) in [6.07, 6.45) is 0.0985. The van der Waals surface area contributed by atoms with Crippen LogP contribution < -0.4 is 15.0 Å². The summed E-state index contributed by atoms with van der Waals surface area (Å²) in [5.41, 5.74) is 0.964. The van der Waals surface area contributed by atoms with Gasteiger partial charge in [0.2, 0.25) is 11.8 Å². The molecule has 1 unspecified atom stereocenters. The highest BCUT2D eigenvalue weighted by Crippen LogP contribution is 2.34. The number of nitrogens with one attached hydrogen (secondary N) is 1. The van der Waals surface area contributed by atoms with E-state index in [1.54, 1.807) is 61.7 Å². The fraction of sp³-hybridized carbons (Fsp3) is 0.125. The number of benzene rings is 3. The van der Waals surface area contributed by atoms with Crippen LogP contribution in [0.3, 0.4) is 0 Å². The first-order chi connectivity index (χ1) is 15.5. The van der Waals surface area contributed by atoms with Gasteiger partial charge in [0.15, 0.2) is 0 Å². The van der Waals surface area contributed by atoms with E-state index in [1.165, 1.54) is 34.9 Å². The first-order valence-corrected chi connectivity index (χ1v) is 10.7. The van der Waals surface area contributed by atoms with Crippen molar-refractivity contribution in [2.45, 2.75) is 16.6 Å². The predicted octanol–water partition coefficient (Wildman–Crippen LogP) is 4.51. The number of carbonyl (C=O) groups excluding carboxylic acids is 3. The summed E-state index contributed by atoms with van der Waals surface area (Å²) in [7, 11) is 1.55. The summed E-state index contributed by atoms with van der Waals surface area (Å²) in [5.74, 6) is -1.03. The molecule has 0 aromatic heterocycles. The van der Waals surface area contributed by atoms with Gasteiger partial charge >= 0.3 is 0 Å². The monoisotopic (exact) mass is 450 g/mol. The average Bonchev–Trinajstić information content (AvgIpc) is 3.08. The summed E-state index contributed by atoms with van der Waals surface area (Å²) in [6, 6.07) is 19.3. The van der Waals surface area contributed by atoms with Crippen LogP contribution >= 0.6 is 11.8 Å². The summed E-state index contributed by atoms with van der Waals surface area (Å²) in [4.78, 5) is 39.5. The predicted molar refractivity (Wildman–Crippen MR) is 121 cm³/mol. The second kappa shape index (κ2) is 9.23. The lowest BCUT2D eigenvalue weighted by atomic mass is 10.2. The van der Waals surface area contributed by atoms with Gasteiger partial charge in [-0.05, 0) is 60.7 Å². The third-order valence-corrected chi connectivity index (χ3v) is 6.14. The average molecular weight is 450 g/mol. The van der Waals surface area contributed by atoms with E-state index >= 15 is 0 Å². The number of nitrogens with zero attached hydrogens (tertiary/aromatic N) is 1. The number of carbonyl (C=O) groups is 3.